The number of esters is 1. The monoisotopic (exact) mass is 375 g/mol. The molecule has 0 radical (unpaired) electrons. The number of hydrogen-bond acceptors (Lipinski definition) is 5. The van der Waals surface area contributed by atoms with Gasteiger partial charge in [0, 0.05) is 30.5 Å². The van der Waals surface area contributed by atoms with Crippen molar-refractivity contribution in [2.24, 2.45) is 0 Å². The fourth-order valence-electron chi connectivity index (χ4n) is 3.18. The highest BCUT2D eigenvalue weighted by molar-refractivity contribution is 5.83. The van der Waals surface area contributed by atoms with Gasteiger partial charge in [0.1, 0.15) is 17.5 Å². The summed E-state index contributed by atoms with van der Waals surface area (Å²) in [5.41, 5.74) is 2.11. The molecule has 5 heteroatoms. The van der Waals surface area contributed by atoms with E-state index < -0.39 is 11.7 Å². The van der Waals surface area contributed by atoms with E-state index in [2.05, 4.69) is 19.2 Å². The highest BCUT2D eigenvalue weighted by Crippen LogP contribution is 2.44. The van der Waals surface area contributed by atoms with Crippen molar-refractivity contribution in [1.82, 2.24) is 0 Å². The minimum atomic E-state index is -0.700. The summed E-state index contributed by atoms with van der Waals surface area (Å²) in [6.07, 6.45) is 2.59. The molecule has 1 aliphatic rings. The molecule has 0 aromatic heterocycles. The number of ether oxygens (including phenoxy) is 3. The zero-order valence-corrected chi connectivity index (χ0v) is 17.4. The van der Waals surface area contributed by atoms with E-state index in [1.165, 1.54) is 6.08 Å². The van der Waals surface area contributed by atoms with E-state index in [0.29, 0.717) is 6.61 Å². The maximum Gasteiger partial charge on any atom is 0.331 e. The molecule has 2 rings (SSSR count). The molecule has 0 spiro atoms. The third-order valence-corrected chi connectivity index (χ3v) is 4.48. The fourth-order valence-corrected chi connectivity index (χ4v) is 3.18. The van der Waals surface area contributed by atoms with Gasteiger partial charge in [-0.25, -0.2) is 4.79 Å². The minimum Gasteiger partial charge on any atom is -0.483 e. The zero-order valence-electron chi connectivity index (χ0n) is 17.4. The molecular weight excluding hydrogens is 342 g/mol. The summed E-state index contributed by atoms with van der Waals surface area (Å²) in [6.45, 7) is 13.2. The van der Waals surface area contributed by atoms with Gasteiger partial charge in [-0.2, -0.15) is 0 Å². The summed E-state index contributed by atoms with van der Waals surface area (Å²) in [5, 5.41) is 3.32. The zero-order chi connectivity index (χ0) is 20.0. The first kappa shape index (κ1) is 21.3. The predicted molar refractivity (Wildman–Crippen MR) is 108 cm³/mol. The number of carbonyl (C=O) groups is 1. The van der Waals surface area contributed by atoms with Crippen molar-refractivity contribution in [3.05, 3.63) is 35.4 Å². The molecule has 0 bridgehead atoms. The lowest BCUT2D eigenvalue weighted by Crippen LogP contribution is -2.51. The highest BCUT2D eigenvalue weighted by atomic mass is 16.6. The van der Waals surface area contributed by atoms with Crippen LogP contribution < -0.4 is 10.1 Å². The van der Waals surface area contributed by atoms with Crippen molar-refractivity contribution < 1.29 is 19.0 Å². The molecule has 1 aromatic rings. The SMILES string of the molecule is CCCCOC1c2cc(NCC)ccc2OC(C)(C)C1OC(=O)C=C(C)C. The number of benzene rings is 1. The lowest BCUT2D eigenvalue weighted by Gasteiger charge is -2.43. The first-order chi connectivity index (χ1) is 12.8. The molecule has 1 heterocycles. The Balaban J connectivity index is 2.40. The van der Waals surface area contributed by atoms with Crippen LogP contribution >= 0.6 is 0 Å². The number of allylic oxidation sites excluding steroid dienone is 1. The van der Waals surface area contributed by atoms with E-state index in [1.54, 1.807) is 0 Å². The second-order valence-electron chi connectivity index (χ2n) is 7.71. The Labute approximate surface area is 163 Å². The van der Waals surface area contributed by atoms with E-state index in [4.69, 9.17) is 14.2 Å². The minimum absolute atomic E-state index is 0.368. The number of hydrogen-bond donors (Lipinski definition) is 1. The van der Waals surface area contributed by atoms with Gasteiger partial charge in [0.05, 0.1) is 0 Å². The Morgan fingerprint density at radius 2 is 2.04 bits per heavy atom. The van der Waals surface area contributed by atoms with Gasteiger partial charge in [-0.1, -0.05) is 18.9 Å². The number of nitrogens with one attached hydrogen (secondary N) is 1. The number of anilines is 1. The lowest BCUT2D eigenvalue weighted by molar-refractivity contribution is -0.179. The van der Waals surface area contributed by atoms with Gasteiger partial charge >= 0.3 is 5.97 Å². The quantitative estimate of drug-likeness (QED) is 0.392. The summed E-state index contributed by atoms with van der Waals surface area (Å²) in [5.74, 6) is 0.407. The normalized spacial score (nSPS) is 20.2. The molecule has 0 aliphatic carbocycles. The van der Waals surface area contributed by atoms with Gasteiger partial charge in [-0.3, -0.25) is 0 Å². The molecule has 1 aliphatic heterocycles. The largest absolute Gasteiger partial charge is 0.483 e. The van der Waals surface area contributed by atoms with Gasteiger partial charge in [0.15, 0.2) is 6.10 Å². The van der Waals surface area contributed by atoms with Crippen LogP contribution in [0.2, 0.25) is 0 Å². The number of fused-ring (bicyclic) bond motifs is 1. The summed E-state index contributed by atoms with van der Waals surface area (Å²) in [6, 6.07) is 5.99. The summed E-state index contributed by atoms with van der Waals surface area (Å²) in [7, 11) is 0. The van der Waals surface area contributed by atoms with Crippen LogP contribution in [0, 0.1) is 0 Å². The molecule has 1 aromatic carbocycles. The Kier molecular flexibility index (Phi) is 7.31. The van der Waals surface area contributed by atoms with Crippen LogP contribution in [0.25, 0.3) is 0 Å². The van der Waals surface area contributed by atoms with Crippen LogP contribution in [-0.4, -0.2) is 30.8 Å². The van der Waals surface area contributed by atoms with E-state index in [-0.39, 0.29) is 12.1 Å². The van der Waals surface area contributed by atoms with Crippen molar-refractivity contribution in [3.8, 4) is 5.75 Å². The van der Waals surface area contributed by atoms with Gasteiger partial charge in [0.2, 0.25) is 0 Å². The lowest BCUT2D eigenvalue weighted by atomic mass is 9.87. The van der Waals surface area contributed by atoms with Crippen LogP contribution in [0.5, 0.6) is 5.75 Å². The summed E-state index contributed by atoms with van der Waals surface area (Å²) >= 11 is 0. The van der Waals surface area contributed by atoms with Crippen LogP contribution in [0.1, 0.15) is 66.1 Å². The van der Waals surface area contributed by atoms with Gasteiger partial charge in [-0.15, -0.1) is 0 Å². The highest BCUT2D eigenvalue weighted by Gasteiger charge is 2.47. The average molecular weight is 376 g/mol. The van der Waals surface area contributed by atoms with Crippen LogP contribution in [-0.2, 0) is 14.3 Å². The van der Waals surface area contributed by atoms with E-state index in [9.17, 15) is 4.79 Å². The number of unbranched alkanes of at least 4 members (excludes halogenated alkanes) is 1. The standard InChI is InChI=1S/C22H33NO4/c1-7-9-12-25-20-17-14-16(23-8-2)10-11-18(17)27-22(5,6)21(20)26-19(24)13-15(3)4/h10-11,13-14,20-21,23H,7-9,12H2,1-6H3. The van der Waals surface area contributed by atoms with Crippen LogP contribution in [0.4, 0.5) is 5.69 Å². The second-order valence-corrected chi connectivity index (χ2v) is 7.71. The molecule has 150 valence electrons. The molecule has 0 fully saturated rings. The molecule has 27 heavy (non-hydrogen) atoms. The van der Waals surface area contributed by atoms with E-state index >= 15 is 0 Å². The maximum atomic E-state index is 12.3. The Bertz CT molecular complexity index is 677. The van der Waals surface area contributed by atoms with Crippen LogP contribution in [0.15, 0.2) is 29.8 Å². The molecule has 5 nitrogen and oxygen atoms in total. The fraction of sp³-hybridized carbons (Fsp3) is 0.591. The third kappa shape index (κ3) is 5.48. The molecule has 0 saturated heterocycles. The molecule has 1 N–H and O–H groups in total. The molecular formula is C22H33NO4. The smallest absolute Gasteiger partial charge is 0.331 e. The van der Waals surface area contributed by atoms with Crippen LogP contribution in [0.3, 0.4) is 0 Å². The Hall–Kier alpha value is -2.01. The Morgan fingerprint density at radius 3 is 2.67 bits per heavy atom. The van der Waals surface area contributed by atoms with Gasteiger partial charge in [-0.05, 0) is 59.2 Å². The second kappa shape index (κ2) is 9.27. The predicted octanol–water partition coefficient (Wildman–Crippen LogP) is 5.03. The van der Waals surface area contributed by atoms with Crippen molar-refractivity contribution in [2.75, 3.05) is 18.5 Å². The number of carbonyl (C=O) groups excluding carboxylic acids is 1. The molecule has 2 unspecified atom stereocenters. The van der Waals surface area contributed by atoms with Gasteiger partial charge < -0.3 is 19.5 Å². The van der Waals surface area contributed by atoms with E-state index in [0.717, 1.165) is 42.0 Å². The topological polar surface area (TPSA) is 56.8 Å². The average Bonchev–Trinajstić information content (AvgIpc) is 2.57. The summed E-state index contributed by atoms with van der Waals surface area (Å²) in [4.78, 5) is 12.3. The van der Waals surface area contributed by atoms with Crippen molar-refractivity contribution in [1.29, 1.82) is 0 Å². The maximum absolute atomic E-state index is 12.3. The summed E-state index contributed by atoms with van der Waals surface area (Å²) < 4.78 is 18.3. The van der Waals surface area contributed by atoms with E-state index in [1.807, 2.05) is 45.9 Å². The van der Waals surface area contributed by atoms with Crippen molar-refractivity contribution in [2.45, 2.75) is 72.2 Å². The molecule has 0 amide bonds. The molecule has 2 atom stereocenters. The number of rotatable bonds is 8. The van der Waals surface area contributed by atoms with Gasteiger partial charge in [0.25, 0.3) is 0 Å². The van der Waals surface area contributed by atoms with Crippen molar-refractivity contribution >= 4 is 11.7 Å². The van der Waals surface area contributed by atoms with Crippen molar-refractivity contribution in [3.63, 3.8) is 0 Å². The Morgan fingerprint density at radius 1 is 1.30 bits per heavy atom. The molecule has 0 saturated carbocycles. The first-order valence-corrected chi connectivity index (χ1v) is 9.82. The third-order valence-electron chi connectivity index (χ3n) is 4.48. The first-order valence-electron chi connectivity index (χ1n) is 9.82.